The Morgan fingerprint density at radius 2 is 2.18 bits per heavy atom. The second-order valence-corrected chi connectivity index (χ2v) is 3.42. The van der Waals surface area contributed by atoms with Gasteiger partial charge in [-0.3, -0.25) is 0 Å². The van der Waals surface area contributed by atoms with Crippen LogP contribution in [0.15, 0.2) is 0 Å². The van der Waals surface area contributed by atoms with Gasteiger partial charge in [0, 0.05) is 0 Å². The zero-order chi connectivity index (χ0) is 9.07. The second-order valence-electron chi connectivity index (χ2n) is 1.80. The minimum atomic E-state index is -4.00. The second kappa shape index (κ2) is 3.65. The largest absolute Gasteiger partial charge is 0.382 e. The highest BCUT2D eigenvalue weighted by molar-refractivity contribution is 7.87. The highest BCUT2D eigenvalue weighted by Crippen LogP contribution is 1.94. The molecular formula is C4H9NO5S. The quantitative estimate of drug-likeness (QED) is 0.498. The van der Waals surface area contributed by atoms with Crippen LogP contribution in [-0.4, -0.2) is 31.5 Å². The average Bonchev–Trinajstić information content (AvgIpc) is 1.87. The molecule has 11 heavy (non-hydrogen) atoms. The number of nitrogens with two attached hydrogens (primary N) is 1. The van der Waals surface area contributed by atoms with Crippen molar-refractivity contribution in [2.24, 2.45) is 5.73 Å². The van der Waals surface area contributed by atoms with Crippen molar-refractivity contribution in [3.8, 4) is 0 Å². The summed E-state index contributed by atoms with van der Waals surface area (Å²) in [6.45, 7) is 1.09. The minimum absolute atomic E-state index is 0.786. The number of hydrogen-bond donors (Lipinski definition) is 2. The van der Waals surface area contributed by atoms with E-state index in [9.17, 15) is 13.2 Å². The third-order valence-corrected chi connectivity index (χ3v) is 1.58. The molecule has 0 heterocycles. The molecular weight excluding hydrogens is 174 g/mol. The van der Waals surface area contributed by atoms with Crippen molar-refractivity contribution < 1.29 is 22.5 Å². The molecule has 0 aliphatic rings. The van der Waals surface area contributed by atoms with Crippen LogP contribution in [0.4, 0.5) is 0 Å². The molecule has 0 aromatic carbocycles. The highest BCUT2D eigenvalue weighted by atomic mass is 32.2. The van der Waals surface area contributed by atoms with Crippen LogP contribution in [0, 0.1) is 0 Å². The van der Waals surface area contributed by atoms with Crippen LogP contribution in [-0.2, 0) is 19.1 Å². The lowest BCUT2D eigenvalue weighted by atomic mass is 10.4. The van der Waals surface area contributed by atoms with Crippen LogP contribution in [0.2, 0.25) is 0 Å². The molecule has 0 aromatic heterocycles. The molecule has 1 atom stereocenters. The highest BCUT2D eigenvalue weighted by Gasteiger charge is 2.18. The van der Waals surface area contributed by atoms with Gasteiger partial charge < -0.3 is 15.0 Å². The number of aliphatic hydroxyl groups is 1. The molecule has 66 valence electrons. The van der Waals surface area contributed by atoms with E-state index in [2.05, 4.69) is 4.18 Å². The van der Waals surface area contributed by atoms with Crippen molar-refractivity contribution in [1.82, 2.24) is 0 Å². The Hall–Kier alpha value is -0.660. The first-order valence-corrected chi connectivity index (χ1v) is 4.31. The lowest BCUT2D eigenvalue weighted by Crippen LogP contribution is -2.26. The fourth-order valence-electron chi connectivity index (χ4n) is 0.229. The normalized spacial score (nSPS) is 14.1. The van der Waals surface area contributed by atoms with Gasteiger partial charge in [-0.1, -0.05) is 0 Å². The molecule has 0 saturated heterocycles. The molecule has 7 heteroatoms. The molecule has 0 radical (unpaired) electrons. The summed E-state index contributed by atoms with van der Waals surface area (Å²) in [5, 5.41) is 8.50. The molecule has 0 rings (SSSR count). The van der Waals surface area contributed by atoms with Crippen LogP contribution in [0.1, 0.15) is 6.92 Å². The van der Waals surface area contributed by atoms with Crippen LogP contribution < -0.4 is 5.73 Å². The average molecular weight is 183 g/mol. The lowest BCUT2D eigenvalue weighted by Gasteiger charge is -2.03. The van der Waals surface area contributed by atoms with Gasteiger partial charge in [0.25, 0.3) is 0 Å². The van der Waals surface area contributed by atoms with E-state index in [4.69, 9.17) is 10.8 Å². The van der Waals surface area contributed by atoms with Crippen molar-refractivity contribution >= 4 is 16.1 Å². The van der Waals surface area contributed by atoms with Gasteiger partial charge in [0.2, 0.25) is 0 Å². The zero-order valence-electron chi connectivity index (χ0n) is 5.85. The Morgan fingerprint density at radius 1 is 1.73 bits per heavy atom. The van der Waals surface area contributed by atoms with Crippen LogP contribution in [0.5, 0.6) is 0 Å². The predicted molar refractivity (Wildman–Crippen MR) is 35.7 cm³/mol. The molecule has 0 saturated carbocycles. The maximum Gasteiger partial charge on any atom is 0.350 e. The molecule has 0 spiro atoms. The van der Waals surface area contributed by atoms with E-state index in [0.29, 0.717) is 0 Å². The molecule has 0 amide bonds. The van der Waals surface area contributed by atoms with Crippen LogP contribution in [0.25, 0.3) is 0 Å². The minimum Gasteiger partial charge on any atom is -0.382 e. The summed E-state index contributed by atoms with van der Waals surface area (Å²) in [4.78, 5) is 10.4. The van der Waals surface area contributed by atoms with E-state index in [1.165, 1.54) is 0 Å². The molecule has 3 N–H and O–H groups in total. The SMILES string of the molecule is CC(O)C(=O)OS(=O)(=O)CN. The lowest BCUT2D eigenvalue weighted by molar-refractivity contribution is -0.142. The summed E-state index contributed by atoms with van der Waals surface area (Å²) in [5.41, 5.74) is 4.71. The van der Waals surface area contributed by atoms with E-state index in [1.807, 2.05) is 0 Å². The van der Waals surface area contributed by atoms with Crippen molar-refractivity contribution in [2.75, 3.05) is 5.88 Å². The molecule has 1 unspecified atom stereocenters. The molecule has 0 aliphatic heterocycles. The molecule has 0 fully saturated rings. The summed E-state index contributed by atoms with van der Waals surface area (Å²) in [6.07, 6.45) is -1.46. The first-order valence-electron chi connectivity index (χ1n) is 2.73. The van der Waals surface area contributed by atoms with Gasteiger partial charge in [-0.25, -0.2) is 4.79 Å². The summed E-state index contributed by atoms with van der Waals surface area (Å²) < 4.78 is 24.7. The Balaban J connectivity index is 4.17. The smallest absolute Gasteiger partial charge is 0.350 e. The Bertz CT molecular complexity index is 231. The Kier molecular flexibility index (Phi) is 3.43. The first-order chi connectivity index (χ1) is 4.89. The van der Waals surface area contributed by atoms with Gasteiger partial charge in [0.05, 0.1) is 0 Å². The fourth-order valence-corrected chi connectivity index (χ4v) is 0.686. The van der Waals surface area contributed by atoms with Gasteiger partial charge in [0.15, 0.2) is 0 Å². The zero-order valence-corrected chi connectivity index (χ0v) is 6.67. The van der Waals surface area contributed by atoms with E-state index < -0.39 is 28.1 Å². The maximum absolute atomic E-state index is 10.4. The molecule has 0 bridgehead atoms. The summed E-state index contributed by atoms with van der Waals surface area (Å²) in [5.74, 6) is -2.01. The topological polar surface area (TPSA) is 107 Å². The number of carbonyl (C=O) groups is 1. The maximum atomic E-state index is 10.4. The van der Waals surface area contributed by atoms with Gasteiger partial charge in [-0.2, -0.15) is 8.42 Å². The Labute approximate surface area is 64.1 Å². The Morgan fingerprint density at radius 3 is 2.45 bits per heavy atom. The molecule has 0 aliphatic carbocycles. The van der Waals surface area contributed by atoms with Crippen molar-refractivity contribution in [3.63, 3.8) is 0 Å². The van der Waals surface area contributed by atoms with Crippen LogP contribution >= 0.6 is 0 Å². The van der Waals surface area contributed by atoms with E-state index >= 15 is 0 Å². The number of carbonyl (C=O) groups excluding carboxylic acids is 1. The van der Waals surface area contributed by atoms with Crippen molar-refractivity contribution in [3.05, 3.63) is 0 Å². The summed E-state index contributed by atoms with van der Waals surface area (Å²) in [6, 6.07) is 0. The fraction of sp³-hybridized carbons (Fsp3) is 0.750. The van der Waals surface area contributed by atoms with Gasteiger partial charge in [-0.05, 0) is 6.92 Å². The summed E-state index contributed by atoms with van der Waals surface area (Å²) >= 11 is 0. The summed E-state index contributed by atoms with van der Waals surface area (Å²) in [7, 11) is -4.00. The number of aliphatic hydroxyl groups excluding tert-OH is 1. The third-order valence-electron chi connectivity index (χ3n) is 0.754. The third kappa shape index (κ3) is 3.91. The molecule has 6 nitrogen and oxygen atoms in total. The standard InChI is InChI=1S/C4H9NO5S/c1-3(6)4(7)10-11(8,9)2-5/h3,6H,2,5H2,1H3. The predicted octanol–water partition coefficient (Wildman–Crippen LogP) is -1.84. The monoisotopic (exact) mass is 183 g/mol. The van der Waals surface area contributed by atoms with Crippen molar-refractivity contribution in [1.29, 1.82) is 0 Å². The van der Waals surface area contributed by atoms with Crippen LogP contribution in [0.3, 0.4) is 0 Å². The first kappa shape index (κ1) is 10.3. The number of hydrogen-bond acceptors (Lipinski definition) is 6. The van der Waals surface area contributed by atoms with Crippen molar-refractivity contribution in [2.45, 2.75) is 13.0 Å². The van der Waals surface area contributed by atoms with E-state index in [0.717, 1.165) is 6.92 Å². The van der Waals surface area contributed by atoms with E-state index in [-0.39, 0.29) is 0 Å². The number of rotatable bonds is 3. The molecule has 0 aromatic rings. The van der Waals surface area contributed by atoms with E-state index in [1.54, 1.807) is 0 Å². The van der Waals surface area contributed by atoms with Gasteiger partial charge in [0.1, 0.15) is 12.0 Å². The van der Waals surface area contributed by atoms with Gasteiger partial charge >= 0.3 is 16.1 Å². The van der Waals surface area contributed by atoms with Gasteiger partial charge in [-0.15, -0.1) is 0 Å².